The highest BCUT2D eigenvalue weighted by molar-refractivity contribution is 6.13. The van der Waals surface area contributed by atoms with Gasteiger partial charge in [0.1, 0.15) is 16.8 Å². The van der Waals surface area contributed by atoms with Gasteiger partial charge in [-0.25, -0.2) is 24.9 Å². The van der Waals surface area contributed by atoms with Crippen LogP contribution in [0.2, 0.25) is 0 Å². The Labute approximate surface area is 282 Å². The summed E-state index contributed by atoms with van der Waals surface area (Å²) >= 11 is 0. The van der Waals surface area contributed by atoms with Crippen molar-refractivity contribution < 1.29 is 4.42 Å². The van der Waals surface area contributed by atoms with Gasteiger partial charge in [0.25, 0.3) is 0 Å². The molecule has 0 spiro atoms. The zero-order valence-corrected chi connectivity index (χ0v) is 26.2. The van der Waals surface area contributed by atoms with Crippen LogP contribution in [0.1, 0.15) is 0 Å². The molecule has 0 saturated heterocycles. The lowest BCUT2D eigenvalue weighted by Crippen LogP contribution is -2.00. The molecule has 0 atom stereocenters. The molecule has 0 aliphatic rings. The van der Waals surface area contributed by atoms with E-state index in [1.807, 2.05) is 133 Å². The molecule has 9 aromatic rings. The lowest BCUT2D eigenvalue weighted by Gasteiger charge is -2.10. The first-order chi connectivity index (χ1) is 24.3. The molecule has 3 aromatic heterocycles. The zero-order chi connectivity index (χ0) is 32.6. The van der Waals surface area contributed by atoms with Gasteiger partial charge in [-0.1, -0.05) is 152 Å². The van der Waals surface area contributed by atoms with Gasteiger partial charge in [0, 0.05) is 27.8 Å². The minimum atomic E-state index is 0.596. The van der Waals surface area contributed by atoms with Crippen LogP contribution >= 0.6 is 0 Å². The van der Waals surface area contributed by atoms with Crippen LogP contribution in [-0.2, 0) is 0 Å². The van der Waals surface area contributed by atoms with Crippen molar-refractivity contribution in [1.29, 1.82) is 0 Å². The lowest BCUT2D eigenvalue weighted by atomic mass is 9.98. The highest BCUT2D eigenvalue weighted by atomic mass is 16.3. The van der Waals surface area contributed by atoms with Gasteiger partial charge >= 0.3 is 0 Å². The third-order valence-corrected chi connectivity index (χ3v) is 8.55. The third kappa shape index (κ3) is 5.31. The van der Waals surface area contributed by atoms with Crippen LogP contribution in [-0.4, -0.2) is 24.9 Å². The highest BCUT2D eigenvalue weighted by Gasteiger charge is 2.21. The van der Waals surface area contributed by atoms with E-state index < -0.39 is 0 Å². The Morgan fingerprint density at radius 1 is 0.347 bits per heavy atom. The lowest BCUT2D eigenvalue weighted by molar-refractivity contribution is 0.667. The summed E-state index contributed by atoms with van der Waals surface area (Å²) in [7, 11) is 0. The smallest absolute Gasteiger partial charge is 0.180 e. The second-order valence-corrected chi connectivity index (χ2v) is 11.7. The monoisotopic (exact) mass is 629 g/mol. The number of hydrogen-bond donors (Lipinski definition) is 0. The van der Waals surface area contributed by atoms with Gasteiger partial charge in [-0.2, -0.15) is 0 Å². The number of benzene rings is 6. The van der Waals surface area contributed by atoms with Crippen molar-refractivity contribution in [3.8, 4) is 67.9 Å². The predicted octanol–water partition coefficient (Wildman–Crippen LogP) is 10.6. The summed E-state index contributed by atoms with van der Waals surface area (Å²) in [4.78, 5) is 25.0. The number of hydrogen-bond acceptors (Lipinski definition) is 6. The normalized spacial score (nSPS) is 11.3. The Kier molecular flexibility index (Phi) is 7.02. The second kappa shape index (κ2) is 12.1. The fourth-order valence-electron chi connectivity index (χ4n) is 6.20. The average molecular weight is 630 g/mol. The van der Waals surface area contributed by atoms with Crippen molar-refractivity contribution in [2.75, 3.05) is 0 Å². The molecule has 6 aromatic carbocycles. The summed E-state index contributed by atoms with van der Waals surface area (Å²) in [5.41, 5.74) is 9.55. The van der Waals surface area contributed by atoms with E-state index >= 15 is 0 Å². The van der Waals surface area contributed by atoms with Crippen LogP contribution in [0.15, 0.2) is 168 Å². The van der Waals surface area contributed by atoms with Gasteiger partial charge in [0.15, 0.2) is 28.9 Å². The summed E-state index contributed by atoms with van der Waals surface area (Å²) in [5, 5.41) is 0.928. The largest absolute Gasteiger partial charge is 0.452 e. The first kappa shape index (κ1) is 28.4. The molecule has 0 amide bonds. The molecule has 0 bridgehead atoms. The molecule has 0 aliphatic carbocycles. The maximum absolute atomic E-state index is 6.58. The van der Waals surface area contributed by atoms with Crippen molar-refractivity contribution in [2.24, 2.45) is 0 Å². The van der Waals surface area contributed by atoms with E-state index in [2.05, 4.69) is 30.3 Å². The molecule has 0 radical (unpaired) electrons. The number of furan rings is 1. The summed E-state index contributed by atoms with van der Waals surface area (Å²) < 4.78 is 6.58. The van der Waals surface area contributed by atoms with E-state index in [-0.39, 0.29) is 0 Å². The van der Waals surface area contributed by atoms with Crippen molar-refractivity contribution in [2.45, 2.75) is 0 Å². The molecule has 0 N–H and O–H groups in total. The van der Waals surface area contributed by atoms with Gasteiger partial charge in [0.2, 0.25) is 0 Å². The van der Waals surface area contributed by atoms with Crippen LogP contribution in [0.25, 0.3) is 90.0 Å². The molecule has 230 valence electrons. The van der Waals surface area contributed by atoms with Crippen LogP contribution in [0.5, 0.6) is 0 Å². The maximum atomic E-state index is 6.58. The number of aromatic nitrogens is 5. The number of fused-ring (bicyclic) bond motifs is 3. The Hall–Kier alpha value is -6.79. The van der Waals surface area contributed by atoms with E-state index in [0.29, 0.717) is 28.9 Å². The van der Waals surface area contributed by atoms with Crippen molar-refractivity contribution in [1.82, 2.24) is 24.9 Å². The van der Waals surface area contributed by atoms with Crippen LogP contribution in [0.4, 0.5) is 0 Å². The van der Waals surface area contributed by atoms with E-state index in [1.165, 1.54) is 0 Å². The minimum Gasteiger partial charge on any atom is -0.452 e. The van der Waals surface area contributed by atoms with E-state index in [0.717, 1.165) is 61.1 Å². The first-order valence-electron chi connectivity index (χ1n) is 16.1. The first-order valence-corrected chi connectivity index (χ1v) is 16.1. The van der Waals surface area contributed by atoms with Gasteiger partial charge in [-0.3, -0.25) is 0 Å². The summed E-state index contributed by atoms with van der Waals surface area (Å²) in [6.45, 7) is 0. The predicted molar refractivity (Wildman–Crippen MR) is 195 cm³/mol. The molecule has 3 heterocycles. The van der Waals surface area contributed by atoms with Crippen LogP contribution in [0.3, 0.4) is 0 Å². The SMILES string of the molecule is c1ccc(-c2nc(-c3ccccc3)nc(-c3cccc(-c4cccc5oc6c(-c7ccccc7)nc(-c7ccccc7)nc6c45)c3)n2)cc1. The molecule has 6 heteroatoms. The maximum Gasteiger partial charge on any atom is 0.180 e. The van der Waals surface area contributed by atoms with Gasteiger partial charge < -0.3 is 4.42 Å². The Balaban J connectivity index is 1.24. The summed E-state index contributed by atoms with van der Waals surface area (Å²) in [6.07, 6.45) is 0. The fourth-order valence-corrected chi connectivity index (χ4v) is 6.20. The van der Waals surface area contributed by atoms with E-state index in [4.69, 9.17) is 29.3 Å². The molecule has 0 unspecified atom stereocenters. The zero-order valence-electron chi connectivity index (χ0n) is 26.2. The van der Waals surface area contributed by atoms with Gasteiger partial charge in [0.05, 0.1) is 5.39 Å². The van der Waals surface area contributed by atoms with Crippen LogP contribution in [0, 0.1) is 0 Å². The highest BCUT2D eigenvalue weighted by Crippen LogP contribution is 2.40. The topological polar surface area (TPSA) is 77.6 Å². The number of nitrogens with zero attached hydrogens (tertiary/aromatic N) is 5. The van der Waals surface area contributed by atoms with E-state index in [9.17, 15) is 0 Å². The van der Waals surface area contributed by atoms with Crippen molar-refractivity contribution in [3.63, 3.8) is 0 Å². The Bertz CT molecular complexity index is 2530. The standard InChI is InChI=1S/C43H27N5O/c1-5-15-28(16-6-1)37-39-38(45-40(44-37)29-17-7-2-8-18-29)36-34(25-14-26-35(36)49-39)32-23-13-24-33(27-32)43-47-41(30-19-9-3-10-20-30)46-42(48-43)31-21-11-4-12-22-31/h1-27H. The molecule has 0 aliphatic heterocycles. The quantitative estimate of drug-likeness (QED) is 0.182. The molecule has 49 heavy (non-hydrogen) atoms. The van der Waals surface area contributed by atoms with Crippen LogP contribution < -0.4 is 0 Å². The molecule has 0 fully saturated rings. The second-order valence-electron chi connectivity index (χ2n) is 11.7. The minimum absolute atomic E-state index is 0.596. The number of rotatable bonds is 6. The van der Waals surface area contributed by atoms with Gasteiger partial charge in [-0.05, 0) is 23.3 Å². The summed E-state index contributed by atoms with van der Waals surface area (Å²) in [5.74, 6) is 2.48. The Morgan fingerprint density at radius 3 is 1.37 bits per heavy atom. The van der Waals surface area contributed by atoms with E-state index in [1.54, 1.807) is 0 Å². The third-order valence-electron chi connectivity index (χ3n) is 8.55. The molecular weight excluding hydrogens is 603 g/mol. The molecule has 9 rings (SSSR count). The average Bonchev–Trinajstić information content (AvgIpc) is 3.58. The van der Waals surface area contributed by atoms with Gasteiger partial charge in [-0.15, -0.1) is 0 Å². The fraction of sp³-hybridized carbons (Fsp3) is 0. The summed E-state index contributed by atoms with van der Waals surface area (Å²) in [6, 6.07) is 54.7. The Morgan fingerprint density at radius 2 is 0.796 bits per heavy atom. The van der Waals surface area contributed by atoms with Crippen molar-refractivity contribution >= 4 is 22.1 Å². The molecular formula is C43H27N5O. The molecule has 6 nitrogen and oxygen atoms in total. The molecule has 0 saturated carbocycles. The van der Waals surface area contributed by atoms with Crippen molar-refractivity contribution in [3.05, 3.63) is 164 Å².